The molecule has 16 heavy (non-hydrogen) atoms. The van der Waals surface area contributed by atoms with Gasteiger partial charge in [0.2, 0.25) is 5.91 Å². The van der Waals surface area contributed by atoms with Crippen LogP contribution in [0.3, 0.4) is 0 Å². The van der Waals surface area contributed by atoms with Gasteiger partial charge < -0.3 is 5.32 Å². The maximum Gasteiger partial charge on any atom is 0.237 e. The molecule has 0 spiro atoms. The first-order chi connectivity index (χ1) is 7.67. The molecule has 0 fully saturated rings. The summed E-state index contributed by atoms with van der Waals surface area (Å²) in [5, 5.41) is 11.3. The zero-order chi connectivity index (χ0) is 12.0. The lowest BCUT2D eigenvalue weighted by atomic mass is 10.1. The van der Waals surface area contributed by atoms with Gasteiger partial charge in [-0.1, -0.05) is 19.1 Å². The molecule has 0 radical (unpaired) electrons. The molecule has 1 atom stereocenters. The van der Waals surface area contributed by atoms with Crippen molar-refractivity contribution in [3.05, 3.63) is 35.6 Å². The monoisotopic (exact) mass is 220 g/mol. The van der Waals surface area contributed by atoms with Gasteiger partial charge in [0.1, 0.15) is 11.7 Å². The highest BCUT2D eigenvalue weighted by molar-refractivity contribution is 5.80. The lowest BCUT2D eigenvalue weighted by Gasteiger charge is -2.08. The van der Waals surface area contributed by atoms with Crippen LogP contribution in [-0.4, -0.2) is 5.91 Å². The predicted molar refractivity (Wildman–Crippen MR) is 57.6 cm³/mol. The van der Waals surface area contributed by atoms with Gasteiger partial charge in [0, 0.05) is 6.54 Å². The van der Waals surface area contributed by atoms with Gasteiger partial charge in [-0.15, -0.1) is 0 Å². The second-order valence-electron chi connectivity index (χ2n) is 3.44. The molecule has 1 N–H and O–H groups in total. The number of amides is 1. The van der Waals surface area contributed by atoms with Crippen molar-refractivity contribution in [2.24, 2.45) is 5.92 Å². The smallest absolute Gasteiger partial charge is 0.237 e. The first-order valence-electron chi connectivity index (χ1n) is 5.09. The first kappa shape index (κ1) is 12.2. The number of carbonyl (C=O) groups excluding carboxylic acids is 1. The van der Waals surface area contributed by atoms with E-state index in [1.807, 2.05) is 6.07 Å². The standard InChI is InChI=1S/C12H13FN2O/c1-2-10(7-14)12(16)15-8-9-4-3-5-11(13)6-9/h3-6,10H,2,8H2,1H3,(H,15,16). The number of nitrogens with zero attached hydrogens (tertiary/aromatic N) is 1. The Kier molecular flexibility index (Phi) is 4.46. The molecule has 0 aromatic heterocycles. The van der Waals surface area contributed by atoms with Crippen LogP contribution in [0.1, 0.15) is 18.9 Å². The van der Waals surface area contributed by atoms with Crippen LogP contribution < -0.4 is 5.32 Å². The molecule has 0 bridgehead atoms. The third kappa shape index (κ3) is 3.35. The highest BCUT2D eigenvalue weighted by atomic mass is 19.1. The van der Waals surface area contributed by atoms with Crippen LogP contribution in [0, 0.1) is 23.1 Å². The van der Waals surface area contributed by atoms with E-state index in [1.165, 1.54) is 12.1 Å². The summed E-state index contributed by atoms with van der Waals surface area (Å²) >= 11 is 0. The lowest BCUT2D eigenvalue weighted by Crippen LogP contribution is -2.29. The normalized spacial score (nSPS) is 11.6. The Bertz CT molecular complexity index is 412. The largest absolute Gasteiger partial charge is 0.351 e. The maximum atomic E-state index is 12.8. The maximum absolute atomic E-state index is 12.8. The zero-order valence-electron chi connectivity index (χ0n) is 9.03. The third-order valence-corrected chi connectivity index (χ3v) is 2.24. The van der Waals surface area contributed by atoms with E-state index in [4.69, 9.17) is 5.26 Å². The second kappa shape index (κ2) is 5.86. The molecule has 84 valence electrons. The Hall–Kier alpha value is -1.89. The van der Waals surface area contributed by atoms with E-state index in [0.717, 1.165) is 0 Å². The fourth-order valence-corrected chi connectivity index (χ4v) is 1.29. The molecule has 0 aliphatic rings. The van der Waals surface area contributed by atoms with Crippen molar-refractivity contribution in [3.8, 4) is 6.07 Å². The molecule has 4 heteroatoms. The van der Waals surface area contributed by atoms with E-state index in [9.17, 15) is 9.18 Å². The van der Waals surface area contributed by atoms with Gasteiger partial charge in [0.15, 0.2) is 0 Å². The van der Waals surface area contributed by atoms with E-state index in [-0.39, 0.29) is 18.3 Å². The van der Waals surface area contributed by atoms with Crippen LogP contribution in [0.15, 0.2) is 24.3 Å². The van der Waals surface area contributed by atoms with Gasteiger partial charge >= 0.3 is 0 Å². The number of nitriles is 1. The fourth-order valence-electron chi connectivity index (χ4n) is 1.29. The van der Waals surface area contributed by atoms with Gasteiger partial charge in [0.25, 0.3) is 0 Å². The van der Waals surface area contributed by atoms with Crippen molar-refractivity contribution < 1.29 is 9.18 Å². The van der Waals surface area contributed by atoms with Gasteiger partial charge in [-0.05, 0) is 24.1 Å². The van der Waals surface area contributed by atoms with E-state index in [2.05, 4.69) is 5.32 Å². The molecular weight excluding hydrogens is 207 g/mol. The summed E-state index contributed by atoms with van der Waals surface area (Å²) in [6.07, 6.45) is 0.478. The van der Waals surface area contributed by atoms with E-state index >= 15 is 0 Å². The van der Waals surface area contributed by atoms with Crippen LogP contribution >= 0.6 is 0 Å². The van der Waals surface area contributed by atoms with Crippen molar-refractivity contribution in [2.75, 3.05) is 0 Å². The van der Waals surface area contributed by atoms with Crippen molar-refractivity contribution in [3.63, 3.8) is 0 Å². The van der Waals surface area contributed by atoms with Gasteiger partial charge in [-0.2, -0.15) is 5.26 Å². The average molecular weight is 220 g/mol. The number of hydrogen-bond acceptors (Lipinski definition) is 2. The number of benzene rings is 1. The van der Waals surface area contributed by atoms with Gasteiger partial charge in [-0.25, -0.2) is 4.39 Å². The summed E-state index contributed by atoms with van der Waals surface area (Å²) in [4.78, 5) is 11.4. The Morgan fingerprint density at radius 3 is 2.94 bits per heavy atom. The van der Waals surface area contributed by atoms with Gasteiger partial charge in [-0.3, -0.25) is 4.79 Å². The Labute approximate surface area is 93.9 Å². The van der Waals surface area contributed by atoms with Crippen LogP contribution in [0.2, 0.25) is 0 Å². The van der Waals surface area contributed by atoms with Crippen LogP contribution in [-0.2, 0) is 11.3 Å². The van der Waals surface area contributed by atoms with Crippen molar-refractivity contribution in [1.29, 1.82) is 5.26 Å². The van der Waals surface area contributed by atoms with E-state index in [0.29, 0.717) is 12.0 Å². The van der Waals surface area contributed by atoms with Crippen molar-refractivity contribution in [2.45, 2.75) is 19.9 Å². The molecule has 1 amide bonds. The van der Waals surface area contributed by atoms with Crippen LogP contribution in [0.25, 0.3) is 0 Å². The van der Waals surface area contributed by atoms with E-state index < -0.39 is 5.92 Å². The molecule has 0 aliphatic heterocycles. The molecule has 0 saturated heterocycles. The first-order valence-corrected chi connectivity index (χ1v) is 5.09. The quantitative estimate of drug-likeness (QED) is 0.843. The number of halogens is 1. The molecular formula is C12H13FN2O. The van der Waals surface area contributed by atoms with Crippen LogP contribution in [0.4, 0.5) is 4.39 Å². The number of rotatable bonds is 4. The number of nitrogens with one attached hydrogen (secondary N) is 1. The lowest BCUT2D eigenvalue weighted by molar-refractivity contribution is -0.123. The average Bonchev–Trinajstić information content (AvgIpc) is 2.28. The second-order valence-corrected chi connectivity index (χ2v) is 3.44. The summed E-state index contributed by atoms with van der Waals surface area (Å²) < 4.78 is 12.8. The summed E-state index contributed by atoms with van der Waals surface area (Å²) in [6.45, 7) is 2.02. The summed E-state index contributed by atoms with van der Waals surface area (Å²) in [6, 6.07) is 7.91. The number of hydrogen-bond donors (Lipinski definition) is 1. The minimum Gasteiger partial charge on any atom is -0.351 e. The topological polar surface area (TPSA) is 52.9 Å². The van der Waals surface area contributed by atoms with Crippen molar-refractivity contribution in [1.82, 2.24) is 5.32 Å². The predicted octanol–water partition coefficient (Wildman–Crippen LogP) is 1.99. The molecule has 1 unspecified atom stereocenters. The minimum atomic E-state index is -0.631. The summed E-state index contributed by atoms with van der Waals surface area (Å²) in [7, 11) is 0. The molecule has 1 aromatic carbocycles. The van der Waals surface area contributed by atoms with Crippen LogP contribution in [0.5, 0.6) is 0 Å². The summed E-state index contributed by atoms with van der Waals surface area (Å²) in [5.41, 5.74) is 0.682. The number of carbonyl (C=O) groups is 1. The third-order valence-electron chi connectivity index (χ3n) is 2.24. The highest BCUT2D eigenvalue weighted by Gasteiger charge is 2.14. The Morgan fingerprint density at radius 2 is 2.38 bits per heavy atom. The molecule has 1 aromatic rings. The molecule has 1 rings (SSSR count). The highest BCUT2D eigenvalue weighted by Crippen LogP contribution is 2.04. The SMILES string of the molecule is CCC(C#N)C(=O)NCc1cccc(F)c1. The van der Waals surface area contributed by atoms with Gasteiger partial charge in [0.05, 0.1) is 6.07 Å². The molecule has 0 aliphatic carbocycles. The van der Waals surface area contributed by atoms with Crippen molar-refractivity contribution >= 4 is 5.91 Å². The summed E-state index contributed by atoms with van der Waals surface area (Å²) in [5.74, 6) is -1.28. The minimum absolute atomic E-state index is 0.245. The van der Waals surface area contributed by atoms with E-state index in [1.54, 1.807) is 19.1 Å². The molecule has 3 nitrogen and oxygen atoms in total. The fraction of sp³-hybridized carbons (Fsp3) is 0.333. The zero-order valence-corrected chi connectivity index (χ0v) is 9.03. The molecule has 0 saturated carbocycles. The molecule has 0 heterocycles. The Morgan fingerprint density at radius 1 is 1.62 bits per heavy atom. The Balaban J connectivity index is 2.52.